The molecule has 4 heteroatoms. The number of hydrogen-bond donors (Lipinski definition) is 1. The molecule has 2 rings (SSSR count). The van der Waals surface area contributed by atoms with Gasteiger partial charge in [-0.25, -0.2) is 0 Å². The van der Waals surface area contributed by atoms with Crippen LogP contribution in [0, 0.1) is 5.92 Å². The van der Waals surface area contributed by atoms with Crippen molar-refractivity contribution in [3.63, 3.8) is 0 Å². The summed E-state index contributed by atoms with van der Waals surface area (Å²) in [6.07, 6.45) is 0. The lowest BCUT2D eigenvalue weighted by atomic mass is 10.0. The minimum atomic E-state index is -0.870. The highest BCUT2D eigenvalue weighted by Crippen LogP contribution is 2.35. The van der Waals surface area contributed by atoms with Gasteiger partial charge >= 0.3 is 0 Å². The first kappa shape index (κ1) is 11.9. The predicted molar refractivity (Wildman–Crippen MR) is 63.3 cm³/mol. The average Bonchev–Trinajstić information content (AvgIpc) is 2.32. The van der Waals surface area contributed by atoms with Crippen LogP contribution < -0.4 is 5.73 Å². The second-order valence-corrected chi connectivity index (χ2v) is 4.57. The summed E-state index contributed by atoms with van der Waals surface area (Å²) < 4.78 is 11.5. The second kappa shape index (κ2) is 4.72. The Kier molecular flexibility index (Phi) is 3.50. The number of halogens is 1. The van der Waals surface area contributed by atoms with Gasteiger partial charge in [0.2, 0.25) is 5.79 Å². The summed E-state index contributed by atoms with van der Waals surface area (Å²) in [6, 6.07) is 7.50. The van der Waals surface area contributed by atoms with Crippen LogP contribution in [-0.4, -0.2) is 19.8 Å². The van der Waals surface area contributed by atoms with Crippen molar-refractivity contribution in [1.82, 2.24) is 0 Å². The molecule has 0 unspecified atom stereocenters. The molecule has 0 atom stereocenters. The van der Waals surface area contributed by atoms with Gasteiger partial charge in [0.05, 0.1) is 19.8 Å². The van der Waals surface area contributed by atoms with Crippen LogP contribution in [0.4, 0.5) is 0 Å². The van der Waals surface area contributed by atoms with Crippen molar-refractivity contribution in [3.8, 4) is 0 Å². The van der Waals surface area contributed by atoms with E-state index in [-0.39, 0.29) is 6.54 Å². The lowest BCUT2D eigenvalue weighted by Gasteiger charge is -2.39. The summed E-state index contributed by atoms with van der Waals surface area (Å²) >= 11 is 6.15. The topological polar surface area (TPSA) is 44.5 Å². The molecule has 3 nitrogen and oxygen atoms in total. The number of benzene rings is 1. The highest BCUT2D eigenvalue weighted by Gasteiger charge is 2.38. The zero-order valence-corrected chi connectivity index (χ0v) is 10.0. The number of rotatable bonds is 2. The Bertz CT molecular complexity index is 362. The van der Waals surface area contributed by atoms with Crippen LogP contribution in [0.2, 0.25) is 5.02 Å². The Balaban J connectivity index is 2.32. The molecule has 0 aromatic heterocycles. The Morgan fingerprint density at radius 1 is 1.38 bits per heavy atom. The Hall–Kier alpha value is -0.610. The lowest BCUT2D eigenvalue weighted by Crippen LogP contribution is -2.46. The first-order chi connectivity index (χ1) is 7.68. The summed E-state index contributed by atoms with van der Waals surface area (Å²) in [7, 11) is 0. The molecule has 0 amide bonds. The van der Waals surface area contributed by atoms with E-state index >= 15 is 0 Å². The van der Waals surface area contributed by atoms with Crippen LogP contribution in [0.1, 0.15) is 12.5 Å². The summed E-state index contributed by atoms with van der Waals surface area (Å²) in [5.74, 6) is -0.479. The number of hydrogen-bond acceptors (Lipinski definition) is 3. The van der Waals surface area contributed by atoms with Crippen molar-refractivity contribution in [3.05, 3.63) is 34.9 Å². The Morgan fingerprint density at radius 3 is 2.56 bits per heavy atom. The molecular formula is C12H16ClNO2. The summed E-state index contributed by atoms with van der Waals surface area (Å²) in [4.78, 5) is 0. The van der Waals surface area contributed by atoms with Gasteiger partial charge in [-0.05, 0) is 6.07 Å². The van der Waals surface area contributed by atoms with Gasteiger partial charge in [-0.1, -0.05) is 36.7 Å². The molecule has 1 aliphatic rings. The third-order valence-electron chi connectivity index (χ3n) is 2.75. The Labute approximate surface area is 100 Å². The molecule has 88 valence electrons. The standard InChI is InChI=1S/C12H16ClNO2/c1-9-6-15-12(8-14,16-7-9)10-4-2-3-5-11(10)13/h2-5,9H,6-8,14H2,1H3. The zero-order valence-electron chi connectivity index (χ0n) is 9.28. The van der Waals surface area contributed by atoms with Gasteiger partial charge in [0.25, 0.3) is 0 Å². The molecule has 1 heterocycles. The van der Waals surface area contributed by atoms with Gasteiger partial charge in [0.15, 0.2) is 0 Å². The Morgan fingerprint density at radius 2 is 2.00 bits per heavy atom. The minimum Gasteiger partial charge on any atom is -0.344 e. The summed E-state index contributed by atoms with van der Waals surface area (Å²) in [5, 5.41) is 0.627. The molecule has 0 spiro atoms. The number of ether oxygens (including phenoxy) is 2. The smallest absolute Gasteiger partial charge is 0.209 e. The first-order valence-corrected chi connectivity index (χ1v) is 5.79. The molecule has 1 fully saturated rings. The van der Waals surface area contributed by atoms with E-state index in [2.05, 4.69) is 6.92 Å². The fourth-order valence-electron chi connectivity index (χ4n) is 1.80. The van der Waals surface area contributed by atoms with Gasteiger partial charge in [0, 0.05) is 16.5 Å². The van der Waals surface area contributed by atoms with Crippen LogP contribution in [-0.2, 0) is 15.3 Å². The molecule has 0 radical (unpaired) electrons. The van der Waals surface area contributed by atoms with Crippen LogP contribution in [0.5, 0.6) is 0 Å². The van der Waals surface area contributed by atoms with Crippen LogP contribution in [0.15, 0.2) is 24.3 Å². The summed E-state index contributed by atoms with van der Waals surface area (Å²) in [6.45, 7) is 3.63. The molecule has 2 N–H and O–H groups in total. The third-order valence-corrected chi connectivity index (χ3v) is 3.08. The van der Waals surface area contributed by atoms with Crippen LogP contribution in [0.3, 0.4) is 0 Å². The SMILES string of the molecule is CC1COC(CN)(c2ccccc2Cl)OC1. The van der Waals surface area contributed by atoms with Gasteiger partial charge in [0.1, 0.15) is 0 Å². The molecule has 1 saturated heterocycles. The molecule has 0 aliphatic carbocycles. The maximum Gasteiger partial charge on any atom is 0.209 e. The average molecular weight is 242 g/mol. The molecule has 0 saturated carbocycles. The predicted octanol–water partition coefficient (Wildman–Crippen LogP) is 2.13. The maximum absolute atomic E-state index is 6.15. The van der Waals surface area contributed by atoms with Crippen molar-refractivity contribution in [1.29, 1.82) is 0 Å². The van der Waals surface area contributed by atoms with E-state index in [0.717, 1.165) is 5.56 Å². The van der Waals surface area contributed by atoms with Crippen molar-refractivity contribution in [2.24, 2.45) is 11.7 Å². The van der Waals surface area contributed by atoms with E-state index in [0.29, 0.717) is 24.2 Å². The fourth-order valence-corrected chi connectivity index (χ4v) is 2.08. The van der Waals surface area contributed by atoms with Gasteiger partial charge < -0.3 is 15.2 Å². The monoisotopic (exact) mass is 241 g/mol. The summed E-state index contributed by atoms with van der Waals surface area (Å²) in [5.41, 5.74) is 6.59. The van der Waals surface area contributed by atoms with Gasteiger partial charge in [-0.15, -0.1) is 0 Å². The molecule has 1 aromatic rings. The molecular weight excluding hydrogens is 226 g/mol. The van der Waals surface area contributed by atoms with Crippen LogP contribution in [0.25, 0.3) is 0 Å². The zero-order chi connectivity index (χ0) is 11.6. The van der Waals surface area contributed by atoms with Crippen molar-refractivity contribution >= 4 is 11.6 Å². The highest BCUT2D eigenvalue weighted by molar-refractivity contribution is 6.31. The van der Waals surface area contributed by atoms with Crippen molar-refractivity contribution in [2.75, 3.05) is 19.8 Å². The molecule has 1 aliphatic heterocycles. The number of nitrogens with two attached hydrogens (primary N) is 1. The molecule has 1 aromatic carbocycles. The second-order valence-electron chi connectivity index (χ2n) is 4.16. The van der Waals surface area contributed by atoms with Gasteiger partial charge in [-0.3, -0.25) is 0 Å². The third kappa shape index (κ3) is 2.09. The van der Waals surface area contributed by atoms with E-state index < -0.39 is 5.79 Å². The van der Waals surface area contributed by atoms with Crippen molar-refractivity contribution in [2.45, 2.75) is 12.7 Å². The fraction of sp³-hybridized carbons (Fsp3) is 0.500. The minimum absolute atomic E-state index is 0.267. The van der Waals surface area contributed by atoms with E-state index in [1.54, 1.807) is 0 Å². The lowest BCUT2D eigenvalue weighted by molar-refractivity contribution is -0.284. The van der Waals surface area contributed by atoms with E-state index in [4.69, 9.17) is 26.8 Å². The quantitative estimate of drug-likeness (QED) is 0.863. The van der Waals surface area contributed by atoms with Crippen molar-refractivity contribution < 1.29 is 9.47 Å². The molecule has 0 bridgehead atoms. The van der Waals surface area contributed by atoms with E-state index in [9.17, 15) is 0 Å². The molecule has 16 heavy (non-hydrogen) atoms. The van der Waals surface area contributed by atoms with Crippen LogP contribution >= 0.6 is 11.6 Å². The van der Waals surface area contributed by atoms with E-state index in [1.165, 1.54) is 0 Å². The highest BCUT2D eigenvalue weighted by atomic mass is 35.5. The first-order valence-electron chi connectivity index (χ1n) is 5.41. The van der Waals surface area contributed by atoms with E-state index in [1.807, 2.05) is 24.3 Å². The normalized spacial score (nSPS) is 30.3. The largest absolute Gasteiger partial charge is 0.344 e. The maximum atomic E-state index is 6.15. The van der Waals surface area contributed by atoms with Gasteiger partial charge in [-0.2, -0.15) is 0 Å².